The number of amides is 1. The van der Waals surface area contributed by atoms with Crippen molar-refractivity contribution >= 4 is 28.4 Å². The average molecular weight is 339 g/mol. The molecule has 3 N–H and O–H groups in total. The Morgan fingerprint density at radius 3 is 2.70 bits per heavy atom. The molecule has 0 radical (unpaired) electrons. The maximum Gasteiger partial charge on any atom is 0.252 e. The van der Waals surface area contributed by atoms with Crippen molar-refractivity contribution in [2.24, 2.45) is 0 Å². The Kier molecular flexibility index (Phi) is 4.60. The van der Waals surface area contributed by atoms with E-state index in [4.69, 9.17) is 11.6 Å². The molecule has 0 atom stereocenters. The van der Waals surface area contributed by atoms with E-state index in [0.29, 0.717) is 18.4 Å². The van der Waals surface area contributed by atoms with E-state index in [1.165, 1.54) is 6.20 Å². The molecule has 1 aliphatic carbocycles. The van der Waals surface area contributed by atoms with E-state index < -0.39 is 17.3 Å². The lowest BCUT2D eigenvalue weighted by molar-refractivity contribution is 0.0246. The van der Waals surface area contributed by atoms with Crippen molar-refractivity contribution in [3.63, 3.8) is 0 Å². The summed E-state index contributed by atoms with van der Waals surface area (Å²) in [4.78, 5) is 15.1. The minimum atomic E-state index is -0.859. The third-order valence-electron chi connectivity index (χ3n) is 4.59. The highest BCUT2D eigenvalue weighted by Gasteiger charge is 2.29. The molecule has 23 heavy (non-hydrogen) atoms. The lowest BCUT2D eigenvalue weighted by atomic mass is 9.94. The second-order valence-corrected chi connectivity index (χ2v) is 6.69. The van der Waals surface area contributed by atoms with Gasteiger partial charge in [-0.15, -0.1) is 0 Å². The molecule has 0 saturated heterocycles. The lowest BCUT2D eigenvalue weighted by Crippen LogP contribution is -2.42. The molecule has 0 aliphatic heterocycles. The number of rotatable bonds is 3. The fraction of sp³-hybridized carbons (Fsp3) is 0.471. The summed E-state index contributed by atoms with van der Waals surface area (Å²) < 4.78 is 13.7. The van der Waals surface area contributed by atoms with Crippen LogP contribution in [0.25, 0.3) is 10.9 Å². The smallest absolute Gasteiger partial charge is 0.252 e. The van der Waals surface area contributed by atoms with Crippen LogP contribution >= 0.6 is 11.6 Å². The van der Waals surface area contributed by atoms with Crippen LogP contribution in [0.5, 0.6) is 0 Å². The van der Waals surface area contributed by atoms with Crippen molar-refractivity contribution in [2.45, 2.75) is 44.1 Å². The predicted octanol–water partition coefficient (Wildman–Crippen LogP) is 3.78. The molecular weight excluding hydrogens is 319 g/mol. The van der Waals surface area contributed by atoms with Crippen LogP contribution in [0.15, 0.2) is 18.3 Å². The van der Waals surface area contributed by atoms with Crippen molar-refractivity contribution in [3.05, 3.63) is 34.7 Å². The first kappa shape index (κ1) is 16.3. The van der Waals surface area contributed by atoms with E-state index in [1.54, 1.807) is 12.1 Å². The number of nitrogens with one attached hydrogen (secondary N) is 2. The molecule has 2 aromatic rings. The maximum absolute atomic E-state index is 13.7. The van der Waals surface area contributed by atoms with Gasteiger partial charge in [-0.3, -0.25) is 4.79 Å². The SMILES string of the molecule is O=C(NCC1(O)CCCCCC1)c1ccc2[nH]cc(F)c2c1Cl. The third-order valence-corrected chi connectivity index (χ3v) is 4.98. The first-order valence-corrected chi connectivity index (χ1v) is 8.34. The number of hydrogen-bond acceptors (Lipinski definition) is 2. The van der Waals surface area contributed by atoms with Crippen LogP contribution in [0.1, 0.15) is 48.9 Å². The molecule has 124 valence electrons. The van der Waals surface area contributed by atoms with Gasteiger partial charge in [0.05, 0.1) is 21.6 Å². The predicted molar refractivity (Wildman–Crippen MR) is 88.3 cm³/mol. The standard InChI is InChI=1S/C17H20ClFN2O2/c18-15-11(5-6-13-14(15)12(19)9-20-13)16(22)21-10-17(23)7-3-1-2-4-8-17/h5-6,9,20,23H,1-4,7-8,10H2,(H,21,22). The first-order valence-electron chi connectivity index (χ1n) is 7.96. The van der Waals surface area contributed by atoms with Crippen molar-refractivity contribution in [1.82, 2.24) is 10.3 Å². The number of aliphatic hydroxyl groups is 1. The average Bonchev–Trinajstić information content (AvgIpc) is 2.77. The molecule has 1 aromatic heterocycles. The molecule has 4 nitrogen and oxygen atoms in total. The zero-order valence-corrected chi connectivity index (χ0v) is 13.5. The Morgan fingerprint density at radius 1 is 1.30 bits per heavy atom. The molecule has 1 aromatic carbocycles. The Morgan fingerprint density at radius 2 is 2.00 bits per heavy atom. The topological polar surface area (TPSA) is 65.1 Å². The van der Waals surface area contributed by atoms with E-state index in [2.05, 4.69) is 10.3 Å². The van der Waals surface area contributed by atoms with E-state index in [0.717, 1.165) is 25.7 Å². The molecule has 0 spiro atoms. The van der Waals surface area contributed by atoms with E-state index in [9.17, 15) is 14.3 Å². The zero-order chi connectivity index (χ0) is 16.4. The molecule has 1 fully saturated rings. The van der Waals surface area contributed by atoms with Crippen LogP contribution in [0.3, 0.4) is 0 Å². The fourth-order valence-corrected chi connectivity index (χ4v) is 3.56. The largest absolute Gasteiger partial charge is 0.388 e. The Bertz CT molecular complexity index is 721. The fourth-order valence-electron chi connectivity index (χ4n) is 3.22. The molecule has 1 saturated carbocycles. The number of aromatic nitrogens is 1. The quantitative estimate of drug-likeness (QED) is 0.746. The highest BCUT2D eigenvalue weighted by Crippen LogP contribution is 2.30. The van der Waals surface area contributed by atoms with Crippen LogP contribution in [0.2, 0.25) is 5.02 Å². The van der Waals surface area contributed by atoms with Crippen LogP contribution in [-0.4, -0.2) is 28.1 Å². The summed E-state index contributed by atoms with van der Waals surface area (Å²) in [5, 5.41) is 13.6. The molecule has 0 bridgehead atoms. The molecule has 1 aliphatic rings. The highest BCUT2D eigenvalue weighted by molar-refractivity contribution is 6.38. The van der Waals surface area contributed by atoms with Gasteiger partial charge in [-0.25, -0.2) is 4.39 Å². The number of carbonyl (C=O) groups excluding carboxylic acids is 1. The summed E-state index contributed by atoms with van der Waals surface area (Å²) in [6, 6.07) is 3.19. The second-order valence-electron chi connectivity index (χ2n) is 6.31. The number of H-pyrrole nitrogens is 1. The number of aromatic amines is 1. The van der Waals surface area contributed by atoms with E-state index in [1.807, 2.05) is 0 Å². The van der Waals surface area contributed by atoms with Gasteiger partial charge < -0.3 is 15.4 Å². The van der Waals surface area contributed by atoms with Gasteiger partial charge in [-0.05, 0) is 25.0 Å². The van der Waals surface area contributed by atoms with E-state index in [-0.39, 0.29) is 22.5 Å². The van der Waals surface area contributed by atoms with Crippen LogP contribution < -0.4 is 5.32 Å². The van der Waals surface area contributed by atoms with Gasteiger partial charge in [0.25, 0.3) is 5.91 Å². The Labute approximate surface area is 139 Å². The van der Waals surface area contributed by atoms with Gasteiger partial charge in [0.2, 0.25) is 0 Å². The minimum absolute atomic E-state index is 0.0895. The molecule has 0 unspecified atom stereocenters. The van der Waals surface area contributed by atoms with Gasteiger partial charge in [0.1, 0.15) is 5.82 Å². The van der Waals surface area contributed by atoms with Crippen LogP contribution in [0, 0.1) is 5.82 Å². The number of carbonyl (C=O) groups is 1. The third kappa shape index (κ3) is 3.35. The zero-order valence-electron chi connectivity index (χ0n) is 12.8. The summed E-state index contributed by atoms with van der Waals surface area (Å²) in [7, 11) is 0. The van der Waals surface area contributed by atoms with Gasteiger partial charge in [-0.1, -0.05) is 37.3 Å². The summed E-state index contributed by atoms with van der Waals surface area (Å²) in [6.07, 6.45) is 6.75. The summed E-state index contributed by atoms with van der Waals surface area (Å²) in [5.74, 6) is -0.878. The van der Waals surface area contributed by atoms with Crippen LogP contribution in [0.4, 0.5) is 4.39 Å². The molecule has 1 amide bonds. The van der Waals surface area contributed by atoms with Crippen molar-refractivity contribution in [2.75, 3.05) is 6.54 Å². The molecule has 3 rings (SSSR count). The van der Waals surface area contributed by atoms with Crippen molar-refractivity contribution < 1.29 is 14.3 Å². The summed E-state index contributed by atoms with van der Waals surface area (Å²) in [6.45, 7) is 0.190. The van der Waals surface area contributed by atoms with Gasteiger partial charge in [0.15, 0.2) is 0 Å². The monoisotopic (exact) mass is 338 g/mol. The maximum atomic E-state index is 13.7. The molecular formula is C17H20ClFN2O2. The summed E-state index contributed by atoms with van der Waals surface area (Å²) >= 11 is 6.18. The lowest BCUT2D eigenvalue weighted by Gasteiger charge is -2.26. The Balaban J connectivity index is 1.75. The summed E-state index contributed by atoms with van der Waals surface area (Å²) in [5.41, 5.74) is -0.0939. The number of halogens is 2. The minimum Gasteiger partial charge on any atom is -0.388 e. The second kappa shape index (κ2) is 6.49. The first-order chi connectivity index (χ1) is 11.0. The van der Waals surface area contributed by atoms with E-state index >= 15 is 0 Å². The van der Waals surface area contributed by atoms with Gasteiger partial charge in [-0.2, -0.15) is 0 Å². The normalized spacial score (nSPS) is 17.9. The van der Waals surface area contributed by atoms with Crippen LogP contribution in [-0.2, 0) is 0 Å². The van der Waals surface area contributed by atoms with Gasteiger partial charge >= 0.3 is 0 Å². The number of fused-ring (bicyclic) bond motifs is 1. The number of benzene rings is 1. The van der Waals surface area contributed by atoms with Gasteiger partial charge in [0, 0.05) is 18.3 Å². The highest BCUT2D eigenvalue weighted by atomic mass is 35.5. The number of hydrogen-bond donors (Lipinski definition) is 3. The van der Waals surface area contributed by atoms with Crippen molar-refractivity contribution in [3.8, 4) is 0 Å². The molecule has 1 heterocycles. The van der Waals surface area contributed by atoms with Crippen molar-refractivity contribution in [1.29, 1.82) is 0 Å². The molecule has 6 heteroatoms. The Hall–Kier alpha value is -1.59.